The molecule has 0 aliphatic carbocycles. The Morgan fingerprint density at radius 1 is 1.39 bits per heavy atom. The van der Waals surface area contributed by atoms with E-state index in [-0.39, 0.29) is 5.92 Å². The number of rotatable bonds is 3. The molecule has 3 nitrogen and oxygen atoms in total. The highest BCUT2D eigenvalue weighted by Gasteiger charge is 2.30. The third-order valence-corrected chi connectivity index (χ3v) is 7.23. The van der Waals surface area contributed by atoms with Crippen LogP contribution >= 0.6 is 34.9 Å². The number of hydrogen-bond donors (Lipinski definition) is 1. The van der Waals surface area contributed by atoms with Gasteiger partial charge in [0.2, 0.25) is 0 Å². The molecule has 6 heteroatoms. The van der Waals surface area contributed by atoms with E-state index >= 15 is 0 Å². The van der Waals surface area contributed by atoms with Gasteiger partial charge in [0.25, 0.3) is 0 Å². The average molecular weight is 303 g/mol. The fourth-order valence-corrected chi connectivity index (χ4v) is 6.14. The molecule has 1 aromatic rings. The van der Waals surface area contributed by atoms with Gasteiger partial charge in [-0.3, -0.25) is 0 Å². The van der Waals surface area contributed by atoms with Crippen LogP contribution in [0.2, 0.25) is 0 Å². The highest BCUT2D eigenvalue weighted by Crippen LogP contribution is 2.44. The maximum Gasteiger partial charge on any atom is 0.347 e. The highest BCUT2D eigenvalue weighted by atomic mass is 32.2. The van der Waals surface area contributed by atoms with Crippen LogP contribution in [0.25, 0.3) is 0 Å². The van der Waals surface area contributed by atoms with Crippen molar-refractivity contribution in [3.63, 3.8) is 0 Å². The Bertz CT molecular complexity index is 445. The van der Waals surface area contributed by atoms with Crippen LogP contribution in [0.3, 0.4) is 0 Å². The number of thioether (sulfide) groups is 2. The molecule has 100 valence electrons. The van der Waals surface area contributed by atoms with Crippen molar-refractivity contribution in [2.75, 3.05) is 11.5 Å². The number of aromatic carboxylic acids is 1. The molecule has 2 heterocycles. The van der Waals surface area contributed by atoms with Gasteiger partial charge >= 0.3 is 5.97 Å². The summed E-state index contributed by atoms with van der Waals surface area (Å²) in [6.45, 7) is 6.20. The summed E-state index contributed by atoms with van der Waals surface area (Å²) >= 11 is 5.22. The minimum absolute atomic E-state index is 0.164. The minimum Gasteiger partial charge on any atom is -0.477 e. The van der Waals surface area contributed by atoms with Crippen molar-refractivity contribution < 1.29 is 9.90 Å². The lowest BCUT2D eigenvalue weighted by molar-refractivity contribution is 0.0700. The number of nitrogens with zero attached hydrogens (tertiary/aromatic N) is 1. The van der Waals surface area contributed by atoms with Crippen LogP contribution < -0.4 is 0 Å². The van der Waals surface area contributed by atoms with E-state index in [2.05, 4.69) is 11.9 Å². The molecule has 1 fully saturated rings. The van der Waals surface area contributed by atoms with E-state index in [9.17, 15) is 9.90 Å². The molecule has 1 aliphatic heterocycles. The van der Waals surface area contributed by atoms with Crippen LogP contribution in [0, 0.1) is 0 Å². The second-order valence-corrected chi connectivity index (χ2v) is 8.36. The zero-order valence-electron chi connectivity index (χ0n) is 10.7. The Morgan fingerprint density at radius 3 is 2.56 bits per heavy atom. The molecule has 2 rings (SSSR count). The van der Waals surface area contributed by atoms with Crippen LogP contribution in [-0.4, -0.2) is 32.8 Å². The van der Waals surface area contributed by atoms with E-state index in [1.807, 2.05) is 37.4 Å². The molecule has 0 spiro atoms. The van der Waals surface area contributed by atoms with Gasteiger partial charge in [-0.05, 0) is 5.92 Å². The van der Waals surface area contributed by atoms with Crippen LogP contribution in [0.1, 0.15) is 52.3 Å². The second kappa shape index (κ2) is 5.84. The van der Waals surface area contributed by atoms with Crippen molar-refractivity contribution in [1.82, 2.24) is 4.98 Å². The molecule has 0 saturated carbocycles. The summed E-state index contributed by atoms with van der Waals surface area (Å²) in [5.74, 6) is 1.62. The number of thiazole rings is 1. The van der Waals surface area contributed by atoms with Gasteiger partial charge in [-0.2, -0.15) is 11.8 Å². The van der Waals surface area contributed by atoms with Crippen LogP contribution in [0.5, 0.6) is 0 Å². The van der Waals surface area contributed by atoms with E-state index in [0.717, 1.165) is 16.5 Å². The molecule has 0 aromatic carbocycles. The van der Waals surface area contributed by atoms with Gasteiger partial charge in [-0.1, -0.05) is 20.8 Å². The minimum atomic E-state index is -0.844. The molecular formula is C12H17NO2S3. The molecule has 1 saturated heterocycles. The summed E-state index contributed by atoms with van der Waals surface area (Å²) in [4.78, 5) is 16.3. The Kier molecular flexibility index (Phi) is 4.61. The summed E-state index contributed by atoms with van der Waals surface area (Å²) in [6.07, 6.45) is 0. The number of carboxylic acids is 1. The first kappa shape index (κ1) is 14.2. The Labute approximate surface area is 120 Å². The van der Waals surface area contributed by atoms with E-state index in [1.165, 1.54) is 17.1 Å². The fourth-order valence-electron chi connectivity index (χ4n) is 1.92. The summed E-state index contributed by atoms with van der Waals surface area (Å²) in [7, 11) is 0. The second-order valence-electron chi connectivity index (χ2n) is 4.59. The SMILES string of the molecule is CC(C)c1nc(C2SCCSC2C)sc1C(=O)O. The van der Waals surface area contributed by atoms with Crippen molar-refractivity contribution in [3.8, 4) is 0 Å². The number of aromatic nitrogens is 1. The van der Waals surface area contributed by atoms with Gasteiger partial charge in [0, 0.05) is 16.8 Å². The lowest BCUT2D eigenvalue weighted by atomic mass is 10.1. The zero-order chi connectivity index (χ0) is 13.3. The largest absolute Gasteiger partial charge is 0.477 e. The maximum atomic E-state index is 11.3. The van der Waals surface area contributed by atoms with Crippen molar-refractivity contribution in [2.24, 2.45) is 0 Å². The van der Waals surface area contributed by atoms with E-state index in [0.29, 0.717) is 15.4 Å². The fraction of sp³-hybridized carbons (Fsp3) is 0.667. The van der Waals surface area contributed by atoms with Gasteiger partial charge in [-0.15, -0.1) is 23.1 Å². The molecular weight excluding hydrogens is 286 g/mol. The van der Waals surface area contributed by atoms with Gasteiger partial charge in [0.15, 0.2) is 0 Å². The van der Waals surface area contributed by atoms with Crippen molar-refractivity contribution >= 4 is 40.8 Å². The van der Waals surface area contributed by atoms with Gasteiger partial charge < -0.3 is 5.11 Å². The van der Waals surface area contributed by atoms with Crippen molar-refractivity contribution in [3.05, 3.63) is 15.6 Å². The molecule has 1 N–H and O–H groups in total. The first-order chi connectivity index (χ1) is 8.50. The molecule has 18 heavy (non-hydrogen) atoms. The van der Waals surface area contributed by atoms with Gasteiger partial charge in [-0.25, -0.2) is 9.78 Å². The molecule has 2 atom stereocenters. The molecule has 1 aliphatic rings. The molecule has 2 unspecified atom stereocenters. The summed E-state index contributed by atoms with van der Waals surface area (Å²) in [6, 6.07) is 0. The lowest BCUT2D eigenvalue weighted by Crippen LogP contribution is -2.15. The number of hydrogen-bond acceptors (Lipinski definition) is 5. The van der Waals surface area contributed by atoms with Crippen molar-refractivity contribution in [1.29, 1.82) is 0 Å². The first-order valence-corrected chi connectivity index (χ1v) is 8.89. The van der Waals surface area contributed by atoms with Crippen LogP contribution in [0.4, 0.5) is 0 Å². The number of carbonyl (C=O) groups is 1. The summed E-state index contributed by atoms with van der Waals surface area (Å²) < 4.78 is 0. The first-order valence-electron chi connectivity index (χ1n) is 5.97. The molecule has 0 amide bonds. The molecule has 1 aromatic heterocycles. The van der Waals surface area contributed by atoms with Gasteiger partial charge in [0.05, 0.1) is 10.9 Å². The average Bonchev–Trinajstić information content (AvgIpc) is 2.74. The maximum absolute atomic E-state index is 11.3. The monoisotopic (exact) mass is 303 g/mol. The highest BCUT2D eigenvalue weighted by molar-refractivity contribution is 8.06. The Balaban J connectivity index is 2.33. The van der Waals surface area contributed by atoms with Crippen molar-refractivity contribution in [2.45, 2.75) is 37.2 Å². The number of carboxylic acid groups (broad SMARTS) is 1. The van der Waals surface area contributed by atoms with E-state index in [1.54, 1.807) is 0 Å². The third kappa shape index (κ3) is 2.86. The van der Waals surface area contributed by atoms with Crippen LogP contribution in [-0.2, 0) is 0 Å². The topological polar surface area (TPSA) is 50.2 Å². The zero-order valence-corrected chi connectivity index (χ0v) is 13.1. The Morgan fingerprint density at radius 2 is 2.06 bits per heavy atom. The lowest BCUT2D eigenvalue weighted by Gasteiger charge is -2.25. The quantitative estimate of drug-likeness (QED) is 0.918. The predicted molar refractivity (Wildman–Crippen MR) is 80.3 cm³/mol. The standard InChI is InChI=1S/C12H17NO2S3/c1-6(2)8-10(12(14)15)18-11(13-8)9-7(3)16-4-5-17-9/h6-7,9H,4-5H2,1-3H3,(H,14,15). The summed E-state index contributed by atoms with van der Waals surface area (Å²) in [5.41, 5.74) is 0.742. The molecule has 0 bridgehead atoms. The molecule has 0 radical (unpaired) electrons. The third-order valence-electron chi connectivity index (χ3n) is 2.84. The predicted octanol–water partition coefficient (Wildman–Crippen LogP) is 3.87. The normalized spacial score (nSPS) is 24.4. The van der Waals surface area contributed by atoms with Crippen LogP contribution in [0.15, 0.2) is 0 Å². The van der Waals surface area contributed by atoms with E-state index in [4.69, 9.17) is 0 Å². The smallest absolute Gasteiger partial charge is 0.347 e. The van der Waals surface area contributed by atoms with Gasteiger partial charge in [0.1, 0.15) is 9.88 Å². The Hall–Kier alpha value is -0.200. The summed E-state index contributed by atoms with van der Waals surface area (Å²) in [5, 5.41) is 11.1. The van der Waals surface area contributed by atoms with E-state index < -0.39 is 5.97 Å².